The van der Waals surface area contributed by atoms with Gasteiger partial charge >= 0.3 is 55.4 Å². The van der Waals surface area contributed by atoms with Crippen molar-refractivity contribution in [3.8, 4) is 0 Å². The third kappa shape index (κ3) is 25.8. The van der Waals surface area contributed by atoms with Crippen molar-refractivity contribution in [2.24, 2.45) is 0 Å². The molecule has 52 heavy (non-hydrogen) atoms. The molecule has 4 rings (SSSR count). The zero-order chi connectivity index (χ0) is 39.5. The van der Waals surface area contributed by atoms with Crippen LogP contribution in [0.4, 0.5) is 0 Å². The summed E-state index contributed by atoms with van der Waals surface area (Å²) in [5, 5.41) is 0.101. The van der Waals surface area contributed by atoms with Crippen molar-refractivity contribution in [1.29, 1.82) is 0 Å². The van der Waals surface area contributed by atoms with Gasteiger partial charge in [-0.3, -0.25) is 0 Å². The van der Waals surface area contributed by atoms with Gasteiger partial charge in [0.05, 0.1) is 0 Å². The van der Waals surface area contributed by atoms with Gasteiger partial charge in [-0.2, -0.15) is 32.6 Å². The van der Waals surface area contributed by atoms with Gasteiger partial charge < -0.3 is 19.6 Å². The van der Waals surface area contributed by atoms with Gasteiger partial charge in [0.15, 0.2) is 0 Å². The SMILES string of the molecule is CC(C)(C)P([O-])C1CCCCC1.CC(C)(C)P([O-])C1CCCCC1.CC(C)(C)P([O-])C1CCCCC1.CC(C)(C)P([O-])C1CCCCC1.[ClH+][PdH][ClH+].[PdH+]. The fraction of sp³-hybridized carbons (Fsp3) is 1.00. The van der Waals surface area contributed by atoms with E-state index in [0.717, 1.165) is 0 Å². The molecule has 1 radical (unpaired) electrons. The number of hydrogen-bond acceptors (Lipinski definition) is 4. The van der Waals surface area contributed by atoms with Crippen LogP contribution >= 0.6 is 32.6 Å². The minimum absolute atomic E-state index is 0. The molecule has 12 heteroatoms. The topological polar surface area (TPSA) is 92.2 Å². The molecule has 0 aliphatic heterocycles. The van der Waals surface area contributed by atoms with Crippen LogP contribution in [-0.2, 0) is 36.4 Å². The van der Waals surface area contributed by atoms with E-state index in [9.17, 15) is 19.6 Å². The number of halogens is 2. The van der Waals surface area contributed by atoms with Crippen LogP contribution in [0.5, 0.6) is 0 Å². The first kappa shape index (κ1) is 57.6. The summed E-state index contributed by atoms with van der Waals surface area (Å²) in [4.78, 5) is 47.9. The molecule has 0 bridgehead atoms. The molecule has 4 saturated carbocycles. The van der Waals surface area contributed by atoms with Crippen LogP contribution in [0.1, 0.15) is 212 Å². The Hall–Kier alpha value is 3.46. The van der Waals surface area contributed by atoms with Crippen LogP contribution in [-0.4, -0.2) is 43.3 Å². The third-order valence-corrected chi connectivity index (χ3v) is 20.3. The van der Waals surface area contributed by atoms with Crippen LogP contribution in [0.25, 0.3) is 0 Å². The second-order valence-electron chi connectivity index (χ2n) is 19.2. The molecule has 0 aromatic carbocycles. The van der Waals surface area contributed by atoms with Gasteiger partial charge in [-0.15, -0.1) is 0 Å². The van der Waals surface area contributed by atoms with E-state index < -0.39 is 32.6 Å². The summed E-state index contributed by atoms with van der Waals surface area (Å²) >= 11 is -0.00333. The van der Waals surface area contributed by atoms with Crippen LogP contribution in [0.3, 0.4) is 0 Å². The van der Waals surface area contributed by atoms with E-state index in [1.54, 1.807) is 0 Å². The van der Waals surface area contributed by atoms with E-state index in [-0.39, 0.29) is 57.0 Å². The van der Waals surface area contributed by atoms with Gasteiger partial charge in [-0.05, 0) is 94.6 Å². The van der Waals surface area contributed by atoms with Crippen LogP contribution in [0.15, 0.2) is 0 Å². The zero-order valence-corrected chi connectivity index (χ0v) is 43.8. The number of hydrogen-bond donors (Lipinski definition) is 0. The predicted octanol–water partition coefficient (Wildman–Crippen LogP) is 10.4. The van der Waals surface area contributed by atoms with E-state index in [2.05, 4.69) is 102 Å². The Morgan fingerprint density at radius 1 is 0.346 bits per heavy atom. The Kier molecular flexibility index (Phi) is 32.8. The predicted molar refractivity (Wildman–Crippen MR) is 220 cm³/mol. The normalized spacial score (nSPS) is 22.6. The molecular formula is C40H84Cl2O4P4Pd2-. The van der Waals surface area contributed by atoms with Gasteiger partial charge in [-0.1, -0.05) is 160 Å². The van der Waals surface area contributed by atoms with E-state index in [1.807, 2.05) is 0 Å². The fourth-order valence-corrected chi connectivity index (χ4v) is 15.2. The van der Waals surface area contributed by atoms with Crippen LogP contribution in [0, 0.1) is 19.1 Å². The molecule has 4 fully saturated rings. The molecule has 0 saturated heterocycles. The van der Waals surface area contributed by atoms with Crippen molar-refractivity contribution in [3.63, 3.8) is 0 Å². The standard InChI is InChI=1S/4C10H20OP.2ClH.2Pd.2H/c4*1-10(2,3)12(11)9-7-5-4-6-8-9;;;;;;/h4*9H,4-8H2,1-3H3;2*1H;;;;/q4*-1;;;+1;+2;;. The average molecular weight is 1040 g/mol. The monoisotopic (exact) mass is 1030 g/mol. The van der Waals surface area contributed by atoms with Crippen molar-refractivity contribution in [2.45, 2.75) is 255 Å². The second-order valence-corrected chi connectivity index (χ2v) is 33.0. The molecular weight excluding hydrogens is 952 g/mol. The molecule has 0 amide bonds. The average Bonchev–Trinajstić information content (AvgIpc) is 3.08. The molecule has 4 aliphatic rings. The molecule has 0 spiro atoms. The van der Waals surface area contributed by atoms with Crippen molar-refractivity contribution in [1.82, 2.24) is 0 Å². The van der Waals surface area contributed by atoms with Crippen molar-refractivity contribution in [3.05, 3.63) is 0 Å². The molecule has 0 aromatic heterocycles. The van der Waals surface area contributed by atoms with Gasteiger partial charge in [0.2, 0.25) is 0 Å². The molecule has 0 aromatic rings. The Morgan fingerprint density at radius 3 is 0.558 bits per heavy atom. The summed E-state index contributed by atoms with van der Waals surface area (Å²) in [7, 11) is 4.60. The Labute approximate surface area is 359 Å². The molecule has 0 heterocycles. The summed E-state index contributed by atoms with van der Waals surface area (Å²) in [6.07, 6.45) is 25.4. The van der Waals surface area contributed by atoms with Gasteiger partial charge in [-0.25, -0.2) is 0 Å². The first-order valence-corrected chi connectivity index (χ1v) is 30.1. The molecule has 4 nitrogen and oxygen atoms in total. The van der Waals surface area contributed by atoms with Crippen molar-refractivity contribution >= 4 is 32.6 Å². The maximum atomic E-state index is 12.0. The number of rotatable bonds is 4. The molecule has 4 aliphatic carbocycles. The quantitative estimate of drug-likeness (QED) is 0.207. The van der Waals surface area contributed by atoms with Gasteiger partial charge in [0.25, 0.3) is 0 Å². The van der Waals surface area contributed by atoms with Crippen LogP contribution in [0.2, 0.25) is 0 Å². The third-order valence-electron chi connectivity index (χ3n) is 10.3. The summed E-state index contributed by atoms with van der Waals surface area (Å²) in [5.74, 6) is 0. The van der Waals surface area contributed by atoms with Gasteiger partial charge in [0.1, 0.15) is 0 Å². The summed E-state index contributed by atoms with van der Waals surface area (Å²) in [6.45, 7) is 25.2. The summed E-state index contributed by atoms with van der Waals surface area (Å²) in [5.41, 5.74) is 2.09. The fourth-order valence-electron chi connectivity index (χ4n) is 7.45. The minimum atomic E-state index is -0.990. The van der Waals surface area contributed by atoms with Crippen LogP contribution < -0.4 is 19.6 Å². The van der Waals surface area contributed by atoms with E-state index in [0.29, 0.717) is 22.6 Å². The second kappa shape index (κ2) is 29.6. The Bertz CT molecular complexity index is 708. The Morgan fingerprint density at radius 2 is 0.462 bits per heavy atom. The van der Waals surface area contributed by atoms with E-state index in [1.165, 1.54) is 128 Å². The molecule has 4 unspecified atom stereocenters. The zero-order valence-electron chi connectivity index (χ0n) is 35.4. The van der Waals surface area contributed by atoms with Gasteiger partial charge in [0, 0.05) is 0 Å². The first-order valence-electron chi connectivity index (χ1n) is 20.2. The molecule has 323 valence electrons. The molecule has 0 N–H and O–H groups in total. The molecule has 4 atom stereocenters. The Balaban J connectivity index is 0. The summed E-state index contributed by atoms with van der Waals surface area (Å²) in [6, 6.07) is 0. The van der Waals surface area contributed by atoms with E-state index in [4.69, 9.17) is 0 Å². The van der Waals surface area contributed by atoms with Crippen molar-refractivity contribution < 1.29 is 75.0 Å². The van der Waals surface area contributed by atoms with E-state index >= 15 is 0 Å². The maximum absolute atomic E-state index is 12.0. The summed E-state index contributed by atoms with van der Waals surface area (Å²) < 4.78 is 0. The van der Waals surface area contributed by atoms with Crippen molar-refractivity contribution in [2.75, 3.05) is 0 Å². The first-order chi connectivity index (χ1) is 23.5.